The highest BCUT2D eigenvalue weighted by Crippen LogP contribution is 2.21. The minimum absolute atomic E-state index is 0.0165. The number of hydrogen-bond donors (Lipinski definition) is 1. The van der Waals surface area contributed by atoms with Crippen molar-refractivity contribution < 1.29 is 9.53 Å². The van der Waals surface area contributed by atoms with Crippen molar-refractivity contribution in [3.05, 3.63) is 64.7 Å². The van der Waals surface area contributed by atoms with Gasteiger partial charge < -0.3 is 15.0 Å². The van der Waals surface area contributed by atoms with E-state index in [4.69, 9.17) is 16.3 Å². The van der Waals surface area contributed by atoms with E-state index in [2.05, 4.69) is 22.3 Å². The minimum Gasteiger partial charge on any atom is -0.484 e. The fourth-order valence-corrected chi connectivity index (χ4v) is 2.68. The highest BCUT2D eigenvalue weighted by atomic mass is 35.5. The highest BCUT2D eigenvalue weighted by Gasteiger charge is 2.15. The summed E-state index contributed by atoms with van der Waals surface area (Å²) in [7, 11) is 3.99. The first-order chi connectivity index (χ1) is 11.5. The lowest BCUT2D eigenvalue weighted by atomic mass is 10.1. The maximum atomic E-state index is 12.1. The SMILES string of the molecule is Cc1cc(Cl)ccc1OCC(=O)NC[C@H](c1ccccc1)N(C)C. The molecule has 24 heavy (non-hydrogen) atoms. The smallest absolute Gasteiger partial charge is 0.258 e. The maximum Gasteiger partial charge on any atom is 0.258 e. The predicted molar refractivity (Wildman–Crippen MR) is 97.6 cm³/mol. The molecule has 0 aliphatic rings. The molecular formula is C19H23ClN2O2. The topological polar surface area (TPSA) is 41.6 Å². The number of nitrogens with zero attached hydrogens (tertiary/aromatic N) is 1. The molecule has 2 rings (SSSR count). The second-order valence-electron chi connectivity index (χ2n) is 5.89. The largest absolute Gasteiger partial charge is 0.484 e. The zero-order valence-electron chi connectivity index (χ0n) is 14.3. The molecule has 0 heterocycles. The lowest BCUT2D eigenvalue weighted by Crippen LogP contribution is -2.36. The molecule has 1 amide bonds. The molecule has 2 aromatic carbocycles. The molecule has 1 atom stereocenters. The average molecular weight is 347 g/mol. The van der Waals surface area contributed by atoms with Gasteiger partial charge in [0.05, 0.1) is 6.04 Å². The summed E-state index contributed by atoms with van der Waals surface area (Å²) in [5.74, 6) is 0.522. The maximum absolute atomic E-state index is 12.1. The van der Waals surface area contributed by atoms with Crippen LogP contribution in [0.3, 0.4) is 0 Å². The molecule has 0 radical (unpaired) electrons. The second kappa shape index (κ2) is 8.71. The number of halogens is 1. The van der Waals surface area contributed by atoms with Gasteiger partial charge in [-0.15, -0.1) is 0 Å². The monoisotopic (exact) mass is 346 g/mol. The number of hydrogen-bond acceptors (Lipinski definition) is 3. The fourth-order valence-electron chi connectivity index (χ4n) is 2.45. The zero-order chi connectivity index (χ0) is 17.5. The molecule has 0 fully saturated rings. The van der Waals surface area contributed by atoms with Crippen LogP contribution in [-0.4, -0.2) is 38.1 Å². The zero-order valence-corrected chi connectivity index (χ0v) is 15.0. The van der Waals surface area contributed by atoms with Crippen molar-refractivity contribution in [2.24, 2.45) is 0 Å². The first kappa shape index (κ1) is 18.3. The van der Waals surface area contributed by atoms with Crippen LogP contribution in [0, 0.1) is 6.92 Å². The van der Waals surface area contributed by atoms with Crippen LogP contribution in [0.2, 0.25) is 5.02 Å². The van der Waals surface area contributed by atoms with Crippen molar-refractivity contribution >= 4 is 17.5 Å². The fraction of sp³-hybridized carbons (Fsp3) is 0.316. The summed E-state index contributed by atoms with van der Waals surface area (Å²) in [6.45, 7) is 2.41. The number of rotatable bonds is 7. The Balaban J connectivity index is 1.87. The van der Waals surface area contributed by atoms with Crippen LogP contribution < -0.4 is 10.1 Å². The molecule has 1 N–H and O–H groups in total. The third kappa shape index (κ3) is 5.25. The first-order valence-electron chi connectivity index (χ1n) is 7.84. The van der Waals surface area contributed by atoms with E-state index in [0.717, 1.165) is 11.1 Å². The van der Waals surface area contributed by atoms with E-state index in [1.54, 1.807) is 12.1 Å². The number of amides is 1. The van der Waals surface area contributed by atoms with Crippen LogP contribution in [0.1, 0.15) is 17.2 Å². The van der Waals surface area contributed by atoms with Crippen molar-refractivity contribution in [3.63, 3.8) is 0 Å². The van der Waals surface area contributed by atoms with Crippen LogP contribution in [0.4, 0.5) is 0 Å². The molecule has 0 spiro atoms. The molecule has 0 bridgehead atoms. The van der Waals surface area contributed by atoms with E-state index in [1.807, 2.05) is 45.3 Å². The van der Waals surface area contributed by atoms with E-state index in [-0.39, 0.29) is 18.6 Å². The number of nitrogens with one attached hydrogen (secondary N) is 1. The van der Waals surface area contributed by atoms with Gasteiger partial charge in [-0.25, -0.2) is 0 Å². The van der Waals surface area contributed by atoms with Gasteiger partial charge in [-0.3, -0.25) is 4.79 Å². The number of carbonyl (C=O) groups is 1. The van der Waals surface area contributed by atoms with Crippen LogP contribution in [0.25, 0.3) is 0 Å². The summed E-state index contributed by atoms with van der Waals surface area (Å²) in [5, 5.41) is 3.59. The molecule has 128 valence electrons. The summed E-state index contributed by atoms with van der Waals surface area (Å²) in [6.07, 6.45) is 0. The van der Waals surface area contributed by atoms with E-state index in [0.29, 0.717) is 17.3 Å². The normalized spacial score (nSPS) is 12.0. The number of likely N-dealkylation sites (N-methyl/N-ethyl adjacent to an activating group) is 1. The molecular weight excluding hydrogens is 324 g/mol. The summed E-state index contributed by atoms with van der Waals surface area (Å²) < 4.78 is 5.57. The highest BCUT2D eigenvalue weighted by molar-refractivity contribution is 6.30. The van der Waals surface area contributed by atoms with Gasteiger partial charge >= 0.3 is 0 Å². The Kier molecular flexibility index (Phi) is 6.64. The molecule has 0 aromatic heterocycles. The van der Waals surface area contributed by atoms with Gasteiger partial charge in [0.25, 0.3) is 5.91 Å². The lowest BCUT2D eigenvalue weighted by molar-refractivity contribution is -0.123. The van der Waals surface area contributed by atoms with E-state index >= 15 is 0 Å². The van der Waals surface area contributed by atoms with Gasteiger partial charge in [-0.1, -0.05) is 41.9 Å². The number of benzene rings is 2. The summed E-state index contributed by atoms with van der Waals surface area (Å²) in [6, 6.07) is 15.6. The second-order valence-corrected chi connectivity index (χ2v) is 6.33. The van der Waals surface area contributed by atoms with E-state index in [9.17, 15) is 4.79 Å². The Bertz CT molecular complexity index is 674. The molecule has 0 aliphatic carbocycles. The van der Waals surface area contributed by atoms with Crippen LogP contribution >= 0.6 is 11.6 Å². The molecule has 0 aliphatic heterocycles. The van der Waals surface area contributed by atoms with Crippen molar-refractivity contribution in [2.45, 2.75) is 13.0 Å². The molecule has 2 aromatic rings. The quantitative estimate of drug-likeness (QED) is 0.835. The van der Waals surface area contributed by atoms with E-state index in [1.165, 1.54) is 0 Å². The lowest BCUT2D eigenvalue weighted by Gasteiger charge is -2.25. The molecule has 0 unspecified atom stereocenters. The van der Waals surface area contributed by atoms with Crippen LogP contribution in [0.5, 0.6) is 5.75 Å². The first-order valence-corrected chi connectivity index (χ1v) is 8.22. The Hall–Kier alpha value is -2.04. The summed E-state index contributed by atoms with van der Waals surface area (Å²) >= 11 is 5.91. The van der Waals surface area contributed by atoms with Crippen molar-refractivity contribution in [1.29, 1.82) is 0 Å². The van der Waals surface area contributed by atoms with Gasteiger partial charge in [0.15, 0.2) is 6.61 Å². The number of ether oxygens (including phenoxy) is 1. The van der Waals surface area contributed by atoms with Gasteiger partial charge in [-0.2, -0.15) is 0 Å². The van der Waals surface area contributed by atoms with Crippen molar-refractivity contribution in [2.75, 3.05) is 27.2 Å². The third-order valence-electron chi connectivity index (χ3n) is 3.80. The van der Waals surface area contributed by atoms with Gasteiger partial charge in [0, 0.05) is 11.6 Å². The van der Waals surface area contributed by atoms with Crippen molar-refractivity contribution in [3.8, 4) is 5.75 Å². The van der Waals surface area contributed by atoms with Gasteiger partial charge in [-0.05, 0) is 50.3 Å². The molecule has 4 nitrogen and oxygen atoms in total. The third-order valence-corrected chi connectivity index (χ3v) is 4.03. The Labute approximate surface area is 148 Å². The molecule has 5 heteroatoms. The number of carbonyl (C=O) groups excluding carboxylic acids is 1. The predicted octanol–water partition coefficient (Wildman–Crippen LogP) is 3.45. The molecule has 0 saturated heterocycles. The van der Waals surface area contributed by atoms with Crippen LogP contribution in [-0.2, 0) is 4.79 Å². The van der Waals surface area contributed by atoms with Crippen molar-refractivity contribution in [1.82, 2.24) is 10.2 Å². The number of aryl methyl sites for hydroxylation is 1. The van der Waals surface area contributed by atoms with Crippen LogP contribution in [0.15, 0.2) is 48.5 Å². The summed E-state index contributed by atoms with van der Waals surface area (Å²) in [5.41, 5.74) is 2.07. The summed E-state index contributed by atoms with van der Waals surface area (Å²) in [4.78, 5) is 14.2. The minimum atomic E-state index is -0.146. The standard InChI is InChI=1S/C19H23ClN2O2/c1-14-11-16(20)9-10-18(14)24-13-19(23)21-12-17(22(2)3)15-7-5-4-6-8-15/h4-11,17H,12-13H2,1-3H3,(H,21,23)/t17-/m1/s1. The van der Waals surface area contributed by atoms with Gasteiger partial charge in [0.2, 0.25) is 0 Å². The average Bonchev–Trinajstić information content (AvgIpc) is 2.55. The Morgan fingerprint density at radius 2 is 1.92 bits per heavy atom. The molecule has 0 saturated carbocycles. The van der Waals surface area contributed by atoms with E-state index < -0.39 is 0 Å². The van der Waals surface area contributed by atoms with Gasteiger partial charge in [0.1, 0.15) is 5.75 Å². The Morgan fingerprint density at radius 1 is 1.21 bits per heavy atom. The Morgan fingerprint density at radius 3 is 2.54 bits per heavy atom.